The first-order valence-corrected chi connectivity index (χ1v) is 4.15. The zero-order chi connectivity index (χ0) is 5.54. The third kappa shape index (κ3) is 10.2. The van der Waals surface area contributed by atoms with Gasteiger partial charge in [0.25, 0.3) is 0 Å². The van der Waals surface area contributed by atoms with Crippen molar-refractivity contribution in [3.63, 3.8) is 0 Å². The Morgan fingerprint density at radius 2 is 1.38 bits per heavy atom. The quantitative estimate of drug-likeness (QED) is 0.530. The molecule has 0 spiro atoms. The van der Waals surface area contributed by atoms with E-state index >= 15 is 0 Å². The Morgan fingerprint density at radius 3 is 1.62 bits per heavy atom. The summed E-state index contributed by atoms with van der Waals surface area (Å²) in [5, 5.41) is 0. The Balaban J connectivity index is 0. The molecule has 8 heavy (non-hydrogen) atoms. The van der Waals surface area contributed by atoms with Crippen LogP contribution in [-0.4, -0.2) is 35.4 Å². The first-order valence-electron chi connectivity index (χ1n) is 2.99. The normalized spacial score (nSPS) is 8.25. The van der Waals surface area contributed by atoms with Crippen LogP contribution in [0, 0.1) is 0 Å². The van der Waals surface area contributed by atoms with Gasteiger partial charge in [-0.25, -0.2) is 0 Å². The predicted octanol–water partition coefficient (Wildman–Crippen LogP) is 1.62. The van der Waals surface area contributed by atoms with Gasteiger partial charge in [-0.3, -0.25) is 0 Å². The summed E-state index contributed by atoms with van der Waals surface area (Å²) in [6.07, 6.45) is 2.65. The van der Waals surface area contributed by atoms with Gasteiger partial charge in [-0.15, -0.1) is 0 Å². The number of hydrogen-bond acceptors (Lipinski definition) is 1. The molecule has 0 aliphatic carbocycles. The van der Waals surface area contributed by atoms with Crippen LogP contribution in [0.4, 0.5) is 0 Å². The second kappa shape index (κ2) is 11.0. The predicted molar refractivity (Wildman–Crippen MR) is 46.5 cm³/mol. The molecule has 0 saturated carbocycles. The van der Waals surface area contributed by atoms with Crippen LogP contribution in [0.5, 0.6) is 0 Å². The average Bonchev–Trinajstić information content (AvgIpc) is 1.69. The first-order chi connectivity index (χ1) is 3.41. The van der Waals surface area contributed by atoms with Crippen molar-refractivity contribution < 1.29 is 0 Å². The number of thioether (sulfide) groups is 1. The van der Waals surface area contributed by atoms with Gasteiger partial charge in [0.1, 0.15) is 0 Å². The molecule has 0 aliphatic heterocycles. The minimum atomic E-state index is 0. The van der Waals surface area contributed by atoms with Gasteiger partial charge in [0.2, 0.25) is 0 Å². The van der Waals surface area contributed by atoms with Crippen molar-refractivity contribution in [3.05, 3.63) is 0 Å². The summed E-state index contributed by atoms with van der Waals surface area (Å²) in [4.78, 5) is 0. The maximum absolute atomic E-state index is 2.22. The third-order valence-electron chi connectivity index (χ3n) is 0.697. The molecule has 0 aromatic heterocycles. The first kappa shape index (κ1) is 11.9. The molecule has 2 radical (unpaired) electrons. The molecular formula is C6H16SSn. The zero-order valence-corrected chi connectivity index (χ0v) is 10.8. The third-order valence-corrected chi connectivity index (χ3v) is 2.09. The van der Waals surface area contributed by atoms with Crippen LogP contribution in [-0.2, 0) is 0 Å². The molecule has 50 valence electrons. The van der Waals surface area contributed by atoms with Gasteiger partial charge in [0.05, 0.1) is 0 Å². The van der Waals surface area contributed by atoms with Crippen molar-refractivity contribution in [1.82, 2.24) is 0 Å². The van der Waals surface area contributed by atoms with Crippen LogP contribution in [0.25, 0.3) is 0 Å². The second-order valence-electron chi connectivity index (χ2n) is 1.61. The summed E-state index contributed by atoms with van der Waals surface area (Å²) < 4.78 is 0. The molecule has 0 saturated heterocycles. The fourth-order valence-corrected chi connectivity index (χ4v) is 1.17. The van der Waals surface area contributed by atoms with Crippen LogP contribution in [0.15, 0.2) is 0 Å². The molecule has 0 aromatic carbocycles. The Hall–Kier alpha value is 1.15. The molecule has 2 heteroatoms. The second-order valence-corrected chi connectivity index (χ2v) is 2.84. The Kier molecular flexibility index (Phi) is 16.4. The van der Waals surface area contributed by atoms with Gasteiger partial charge in [-0.2, -0.15) is 11.8 Å². The van der Waals surface area contributed by atoms with Crippen LogP contribution in [0.2, 0.25) is 0 Å². The topological polar surface area (TPSA) is 0 Å². The summed E-state index contributed by atoms with van der Waals surface area (Å²) in [5.41, 5.74) is 0. The van der Waals surface area contributed by atoms with E-state index in [0.717, 1.165) is 0 Å². The van der Waals surface area contributed by atoms with E-state index in [1.807, 2.05) is 0 Å². The molecular weight excluding hydrogens is 223 g/mol. The van der Waals surface area contributed by atoms with Gasteiger partial charge in [-0.1, -0.05) is 13.8 Å². The van der Waals surface area contributed by atoms with Crippen LogP contribution >= 0.6 is 11.8 Å². The minimum absolute atomic E-state index is 0. The molecule has 0 unspecified atom stereocenters. The van der Waals surface area contributed by atoms with Crippen molar-refractivity contribution in [3.8, 4) is 0 Å². The molecule has 0 N–H and O–H groups in total. The van der Waals surface area contributed by atoms with Gasteiger partial charge in [-0.05, 0) is 24.3 Å². The average molecular weight is 239 g/mol. The van der Waals surface area contributed by atoms with Crippen molar-refractivity contribution >= 4 is 35.7 Å². The van der Waals surface area contributed by atoms with E-state index in [2.05, 4.69) is 25.6 Å². The van der Waals surface area contributed by atoms with Crippen molar-refractivity contribution in [2.75, 3.05) is 11.5 Å². The Labute approximate surface area is 73.8 Å². The molecule has 0 heterocycles. The molecule has 0 aliphatic rings. The maximum atomic E-state index is 2.22. The fourth-order valence-electron chi connectivity index (χ4n) is 0.391. The molecule has 0 amide bonds. The van der Waals surface area contributed by atoms with E-state index in [9.17, 15) is 0 Å². The SMILES string of the molecule is CCCSCCC.[SnH2]. The van der Waals surface area contributed by atoms with Gasteiger partial charge in [0.15, 0.2) is 0 Å². The van der Waals surface area contributed by atoms with E-state index in [1.165, 1.54) is 24.3 Å². The van der Waals surface area contributed by atoms with Crippen molar-refractivity contribution in [2.24, 2.45) is 0 Å². The van der Waals surface area contributed by atoms with Crippen molar-refractivity contribution in [2.45, 2.75) is 26.7 Å². The molecule has 0 bridgehead atoms. The Morgan fingerprint density at radius 1 is 1.00 bits per heavy atom. The van der Waals surface area contributed by atoms with E-state index in [1.54, 1.807) is 0 Å². The summed E-state index contributed by atoms with van der Waals surface area (Å²) in [7, 11) is 0. The number of rotatable bonds is 4. The van der Waals surface area contributed by atoms with Gasteiger partial charge in [0, 0.05) is 0 Å². The summed E-state index contributed by atoms with van der Waals surface area (Å²) in [6.45, 7) is 4.45. The number of hydrogen-bond donors (Lipinski definition) is 0. The van der Waals surface area contributed by atoms with E-state index in [-0.39, 0.29) is 23.9 Å². The monoisotopic (exact) mass is 240 g/mol. The molecule has 0 aromatic rings. The summed E-state index contributed by atoms with van der Waals surface area (Å²) in [5.74, 6) is 2.68. The van der Waals surface area contributed by atoms with E-state index in [4.69, 9.17) is 0 Å². The molecule has 0 rings (SSSR count). The van der Waals surface area contributed by atoms with Crippen LogP contribution in [0.1, 0.15) is 26.7 Å². The standard InChI is InChI=1S/C6H14S.Sn.2H/c1-3-5-7-6-4-2;;;/h3-6H2,1-2H3;;;. The molecule has 0 fully saturated rings. The van der Waals surface area contributed by atoms with Crippen LogP contribution < -0.4 is 0 Å². The zero-order valence-electron chi connectivity index (χ0n) is 5.94. The molecule has 0 atom stereocenters. The van der Waals surface area contributed by atoms with E-state index < -0.39 is 0 Å². The Bertz CT molecular complexity index is 27.7. The summed E-state index contributed by atoms with van der Waals surface area (Å²) >= 11 is 2.05. The van der Waals surface area contributed by atoms with Crippen LogP contribution in [0.3, 0.4) is 0 Å². The van der Waals surface area contributed by atoms with Gasteiger partial charge >= 0.3 is 23.9 Å². The van der Waals surface area contributed by atoms with Crippen molar-refractivity contribution in [1.29, 1.82) is 0 Å². The molecule has 0 nitrogen and oxygen atoms in total. The van der Waals surface area contributed by atoms with E-state index in [0.29, 0.717) is 0 Å². The fraction of sp³-hybridized carbons (Fsp3) is 1.00. The summed E-state index contributed by atoms with van der Waals surface area (Å²) in [6, 6.07) is 0. The van der Waals surface area contributed by atoms with Gasteiger partial charge < -0.3 is 0 Å².